The van der Waals surface area contributed by atoms with Crippen molar-refractivity contribution >= 4 is 27.0 Å². The van der Waals surface area contributed by atoms with Gasteiger partial charge >= 0.3 is 0 Å². The molecule has 2 aromatic rings. The lowest BCUT2D eigenvalue weighted by Crippen LogP contribution is -2.14. The Hall–Kier alpha value is -1.38. The summed E-state index contributed by atoms with van der Waals surface area (Å²) in [5, 5.41) is 15.0. The van der Waals surface area contributed by atoms with Gasteiger partial charge in [-0.1, -0.05) is 0 Å². The molecule has 2 N–H and O–H groups in total. The van der Waals surface area contributed by atoms with Crippen LogP contribution in [0.2, 0.25) is 0 Å². The highest BCUT2D eigenvalue weighted by Gasteiger charge is 2.23. The van der Waals surface area contributed by atoms with E-state index < -0.39 is 10.0 Å². The van der Waals surface area contributed by atoms with Crippen LogP contribution in [0.1, 0.15) is 30.3 Å². The van der Waals surface area contributed by atoms with Crippen LogP contribution in [-0.4, -0.2) is 23.3 Å². The summed E-state index contributed by atoms with van der Waals surface area (Å²) in [6.45, 7) is 5.33. The highest BCUT2D eigenvalue weighted by Crippen LogP contribution is 2.28. The molecular formula is C12H17N3O3S2. The van der Waals surface area contributed by atoms with E-state index in [9.17, 15) is 13.5 Å². The molecule has 2 rings (SSSR count). The monoisotopic (exact) mass is 315 g/mol. The molecule has 0 amide bonds. The molecule has 110 valence electrons. The van der Waals surface area contributed by atoms with Gasteiger partial charge in [-0.2, -0.15) is 5.10 Å². The molecule has 0 aliphatic carbocycles. The van der Waals surface area contributed by atoms with E-state index in [1.54, 1.807) is 23.2 Å². The zero-order valence-electron chi connectivity index (χ0n) is 11.5. The molecule has 0 fully saturated rings. The largest absolute Gasteiger partial charge is 0.391 e. The Kier molecular flexibility index (Phi) is 4.17. The molecule has 2 heterocycles. The number of nitrogens with one attached hydrogen (secondary N) is 1. The van der Waals surface area contributed by atoms with Crippen LogP contribution in [-0.2, 0) is 16.6 Å². The lowest BCUT2D eigenvalue weighted by atomic mass is 10.3. The summed E-state index contributed by atoms with van der Waals surface area (Å²) in [7, 11) is -3.71. The number of aryl methyl sites for hydroxylation is 1. The van der Waals surface area contributed by atoms with Gasteiger partial charge in [-0.3, -0.25) is 9.40 Å². The van der Waals surface area contributed by atoms with Gasteiger partial charge in [0.2, 0.25) is 0 Å². The summed E-state index contributed by atoms with van der Waals surface area (Å²) in [4.78, 5) is 0.591. The number of nitrogens with zero attached hydrogens (tertiary/aromatic N) is 2. The van der Waals surface area contributed by atoms with E-state index in [1.807, 2.05) is 13.8 Å². The van der Waals surface area contributed by atoms with Gasteiger partial charge in [-0.25, -0.2) is 8.42 Å². The number of hydrogen-bond acceptors (Lipinski definition) is 5. The predicted octanol–water partition coefficient (Wildman–Crippen LogP) is 2.13. The molecule has 0 saturated carbocycles. The molecule has 2 aromatic heterocycles. The molecule has 0 aliphatic heterocycles. The topological polar surface area (TPSA) is 84.2 Å². The number of hydrogen-bond donors (Lipinski definition) is 2. The van der Waals surface area contributed by atoms with E-state index in [2.05, 4.69) is 9.82 Å². The quantitative estimate of drug-likeness (QED) is 0.885. The fourth-order valence-corrected chi connectivity index (χ4v) is 4.53. The summed E-state index contributed by atoms with van der Waals surface area (Å²) < 4.78 is 28.9. The van der Waals surface area contributed by atoms with Crippen LogP contribution in [0, 0.1) is 6.92 Å². The van der Waals surface area contributed by atoms with Crippen molar-refractivity contribution in [3.63, 3.8) is 0 Å². The molecule has 0 aromatic carbocycles. The van der Waals surface area contributed by atoms with Crippen LogP contribution in [0.5, 0.6) is 0 Å². The minimum Gasteiger partial charge on any atom is -0.391 e. The second kappa shape index (κ2) is 5.55. The first kappa shape index (κ1) is 15.0. The Bertz CT molecular complexity index is 701. The van der Waals surface area contributed by atoms with Gasteiger partial charge in [0.05, 0.1) is 23.4 Å². The van der Waals surface area contributed by atoms with Gasteiger partial charge in [0, 0.05) is 12.2 Å². The average Bonchev–Trinajstić information content (AvgIpc) is 2.95. The number of aromatic nitrogens is 2. The van der Waals surface area contributed by atoms with E-state index in [-0.39, 0.29) is 17.5 Å². The van der Waals surface area contributed by atoms with Crippen LogP contribution in [0.3, 0.4) is 0 Å². The molecule has 0 aliphatic rings. The first-order valence-corrected chi connectivity index (χ1v) is 8.46. The van der Waals surface area contributed by atoms with Gasteiger partial charge in [-0.15, -0.1) is 11.3 Å². The van der Waals surface area contributed by atoms with Gasteiger partial charge in [0.1, 0.15) is 4.90 Å². The SMILES string of the molecule is Cc1csc(CO)c1S(=O)(=O)Nc1cnn(C(C)C)c1. The second-order valence-corrected chi connectivity index (χ2v) is 7.32. The number of aliphatic hydroxyl groups is 1. The van der Waals surface area contributed by atoms with Crippen LogP contribution in [0.25, 0.3) is 0 Å². The van der Waals surface area contributed by atoms with E-state index in [4.69, 9.17) is 0 Å². The molecule has 0 unspecified atom stereocenters. The molecule has 0 saturated heterocycles. The second-order valence-electron chi connectivity index (χ2n) is 4.74. The normalized spacial score (nSPS) is 12.1. The third kappa shape index (κ3) is 2.87. The average molecular weight is 315 g/mol. The number of thiophene rings is 1. The van der Waals surface area contributed by atoms with Crippen molar-refractivity contribution in [3.05, 3.63) is 28.2 Å². The maximum Gasteiger partial charge on any atom is 0.263 e. The maximum absolute atomic E-state index is 12.4. The highest BCUT2D eigenvalue weighted by molar-refractivity contribution is 7.93. The van der Waals surface area contributed by atoms with Crippen molar-refractivity contribution in [2.24, 2.45) is 0 Å². The third-order valence-electron chi connectivity index (χ3n) is 2.78. The molecule has 0 atom stereocenters. The Morgan fingerprint density at radius 1 is 1.50 bits per heavy atom. The summed E-state index contributed by atoms with van der Waals surface area (Å²) in [5.41, 5.74) is 1.04. The molecule has 0 spiro atoms. The molecule has 0 radical (unpaired) electrons. The third-order valence-corrected chi connectivity index (χ3v) is 5.61. The molecular weight excluding hydrogens is 298 g/mol. The highest BCUT2D eigenvalue weighted by atomic mass is 32.2. The molecule has 6 nitrogen and oxygen atoms in total. The van der Waals surface area contributed by atoms with E-state index in [0.29, 0.717) is 16.1 Å². The first-order valence-electron chi connectivity index (χ1n) is 6.10. The van der Waals surface area contributed by atoms with Crippen molar-refractivity contribution in [1.29, 1.82) is 0 Å². The van der Waals surface area contributed by atoms with Crippen molar-refractivity contribution < 1.29 is 13.5 Å². The zero-order chi connectivity index (χ0) is 14.9. The molecule has 8 heteroatoms. The van der Waals surface area contributed by atoms with Crippen LogP contribution < -0.4 is 4.72 Å². The first-order chi connectivity index (χ1) is 9.35. The minimum absolute atomic E-state index is 0.155. The standard InChI is InChI=1S/C12H17N3O3S2/c1-8(2)15-5-10(4-13-15)14-20(17,18)12-9(3)7-19-11(12)6-16/h4-5,7-8,14,16H,6H2,1-3H3. The van der Waals surface area contributed by atoms with E-state index in [0.717, 1.165) is 0 Å². The zero-order valence-corrected chi connectivity index (χ0v) is 13.1. The number of rotatable bonds is 5. The Balaban J connectivity index is 2.33. The van der Waals surface area contributed by atoms with Crippen molar-refractivity contribution in [2.45, 2.75) is 38.3 Å². The van der Waals surface area contributed by atoms with Crippen molar-refractivity contribution in [3.8, 4) is 0 Å². The smallest absolute Gasteiger partial charge is 0.263 e. The number of sulfonamides is 1. The van der Waals surface area contributed by atoms with Crippen LogP contribution >= 0.6 is 11.3 Å². The minimum atomic E-state index is -3.71. The maximum atomic E-state index is 12.4. The fourth-order valence-electron chi connectivity index (χ4n) is 1.84. The summed E-state index contributed by atoms with van der Waals surface area (Å²) in [6.07, 6.45) is 3.11. The van der Waals surface area contributed by atoms with E-state index in [1.165, 1.54) is 17.5 Å². The lowest BCUT2D eigenvalue weighted by Gasteiger charge is -2.08. The summed E-state index contributed by atoms with van der Waals surface area (Å²) >= 11 is 1.23. The molecule has 0 bridgehead atoms. The predicted molar refractivity (Wildman–Crippen MR) is 78.4 cm³/mol. The lowest BCUT2D eigenvalue weighted by molar-refractivity contribution is 0.282. The Morgan fingerprint density at radius 2 is 2.20 bits per heavy atom. The number of aliphatic hydroxyl groups excluding tert-OH is 1. The van der Waals surface area contributed by atoms with Gasteiger partial charge in [0.15, 0.2) is 0 Å². The van der Waals surface area contributed by atoms with Gasteiger partial charge in [-0.05, 0) is 31.7 Å². The fraction of sp³-hybridized carbons (Fsp3) is 0.417. The summed E-state index contributed by atoms with van der Waals surface area (Å²) in [6, 6.07) is 0.157. The summed E-state index contributed by atoms with van der Waals surface area (Å²) in [5.74, 6) is 0. The van der Waals surface area contributed by atoms with Gasteiger partial charge in [0.25, 0.3) is 10.0 Å². The Morgan fingerprint density at radius 3 is 2.75 bits per heavy atom. The van der Waals surface area contributed by atoms with Crippen molar-refractivity contribution in [2.75, 3.05) is 4.72 Å². The van der Waals surface area contributed by atoms with E-state index >= 15 is 0 Å². The van der Waals surface area contributed by atoms with Crippen molar-refractivity contribution in [1.82, 2.24) is 9.78 Å². The van der Waals surface area contributed by atoms with Crippen LogP contribution in [0.4, 0.5) is 5.69 Å². The Labute approximate surface area is 122 Å². The molecule has 20 heavy (non-hydrogen) atoms. The number of anilines is 1. The van der Waals surface area contributed by atoms with Gasteiger partial charge < -0.3 is 5.11 Å². The van der Waals surface area contributed by atoms with Crippen LogP contribution in [0.15, 0.2) is 22.7 Å².